The molecule has 1 aromatic heterocycles. The van der Waals surface area contributed by atoms with E-state index in [0.717, 1.165) is 41.0 Å². The molecular weight excluding hydrogens is 514 g/mol. The van der Waals surface area contributed by atoms with Crippen molar-refractivity contribution < 1.29 is 23.7 Å². The number of fused-ring (bicyclic) bond motifs is 1. The number of carbonyl (C=O) groups is 1. The van der Waals surface area contributed by atoms with Crippen LogP contribution in [-0.4, -0.2) is 70.4 Å². The summed E-state index contributed by atoms with van der Waals surface area (Å²) in [6, 6.07) is 7.53. The van der Waals surface area contributed by atoms with Crippen molar-refractivity contribution >= 4 is 51.1 Å². The molecule has 0 radical (unpaired) electrons. The predicted octanol–water partition coefficient (Wildman–Crippen LogP) is 5.45. The molecule has 0 fully saturated rings. The van der Waals surface area contributed by atoms with Gasteiger partial charge in [0.15, 0.2) is 16.6 Å². The van der Waals surface area contributed by atoms with Crippen molar-refractivity contribution in [3.05, 3.63) is 41.5 Å². The highest BCUT2D eigenvalue weighted by Gasteiger charge is 2.21. The molecule has 3 rings (SSSR count). The number of hydrogen-bond donors (Lipinski definition) is 0. The number of likely N-dealkylation sites (N-methyl/N-ethyl adjacent to an activating group) is 1. The number of rotatable bonds is 12. The van der Waals surface area contributed by atoms with Crippen LogP contribution in [0.25, 0.3) is 16.3 Å². The molecule has 2 aromatic carbocycles. The van der Waals surface area contributed by atoms with E-state index in [0.29, 0.717) is 34.7 Å². The van der Waals surface area contributed by atoms with Crippen molar-refractivity contribution in [2.45, 2.75) is 20.8 Å². The summed E-state index contributed by atoms with van der Waals surface area (Å²) in [5, 5.41) is 0.643. The fourth-order valence-electron chi connectivity index (χ4n) is 3.92. The lowest BCUT2D eigenvalue weighted by atomic mass is 10.1. The van der Waals surface area contributed by atoms with Gasteiger partial charge in [-0.1, -0.05) is 31.3 Å². The van der Waals surface area contributed by atoms with Crippen LogP contribution >= 0.6 is 23.7 Å². The normalized spacial score (nSPS) is 11.0. The lowest BCUT2D eigenvalue weighted by Crippen LogP contribution is -2.38. The molecule has 10 heteroatoms. The molecule has 0 unspecified atom stereocenters. The predicted molar refractivity (Wildman–Crippen MR) is 153 cm³/mol. The van der Waals surface area contributed by atoms with E-state index in [1.54, 1.807) is 57.6 Å². The van der Waals surface area contributed by atoms with Gasteiger partial charge in [0.05, 0.1) is 33.1 Å². The number of aryl methyl sites for hydroxylation is 1. The van der Waals surface area contributed by atoms with Crippen molar-refractivity contribution in [3.8, 4) is 23.0 Å². The van der Waals surface area contributed by atoms with Gasteiger partial charge in [-0.15, -0.1) is 12.4 Å². The molecule has 0 aliphatic heterocycles. The number of methoxy groups -OCH3 is 4. The molecular formula is C27H36ClN3O5S. The van der Waals surface area contributed by atoms with Gasteiger partial charge in [-0.2, -0.15) is 0 Å². The van der Waals surface area contributed by atoms with E-state index >= 15 is 0 Å². The number of anilines is 1. The highest BCUT2D eigenvalue weighted by atomic mass is 35.5. The fourth-order valence-corrected chi connectivity index (χ4v) is 5.00. The maximum absolute atomic E-state index is 13.5. The van der Waals surface area contributed by atoms with Gasteiger partial charge in [0.1, 0.15) is 11.3 Å². The van der Waals surface area contributed by atoms with Gasteiger partial charge in [-0.25, -0.2) is 4.98 Å². The summed E-state index contributed by atoms with van der Waals surface area (Å²) in [7, 11) is 6.32. The van der Waals surface area contributed by atoms with Crippen molar-refractivity contribution in [2.75, 3.05) is 59.5 Å². The topological polar surface area (TPSA) is 73.4 Å². The first kappa shape index (κ1) is 30.2. The standard InChI is InChI=1S/C27H35N3O5S.ClH/c1-8-29(9-2)14-15-30(27-28-24-20(32-4)12-10-18(3)26(24)36-27)23(31)13-11-19-16-21(33-5)25(35-7)22(17-19)34-6;/h10-13,16-17H,8-9,14-15H2,1-7H3;1H. The zero-order valence-corrected chi connectivity index (χ0v) is 24.1. The average molecular weight is 550 g/mol. The van der Waals surface area contributed by atoms with Crippen LogP contribution in [0.2, 0.25) is 0 Å². The van der Waals surface area contributed by atoms with Crippen LogP contribution in [0, 0.1) is 6.92 Å². The van der Waals surface area contributed by atoms with Gasteiger partial charge in [-0.3, -0.25) is 9.69 Å². The van der Waals surface area contributed by atoms with Crippen molar-refractivity contribution in [3.63, 3.8) is 0 Å². The largest absolute Gasteiger partial charge is 0.494 e. The molecule has 0 saturated carbocycles. The Kier molecular flexibility index (Phi) is 11.5. The summed E-state index contributed by atoms with van der Waals surface area (Å²) >= 11 is 1.50. The number of nitrogens with zero attached hydrogens (tertiary/aromatic N) is 3. The third kappa shape index (κ3) is 6.85. The van der Waals surface area contributed by atoms with Crippen LogP contribution in [0.15, 0.2) is 30.3 Å². The van der Waals surface area contributed by atoms with E-state index in [1.165, 1.54) is 11.3 Å². The van der Waals surface area contributed by atoms with Crippen LogP contribution < -0.4 is 23.8 Å². The quantitative estimate of drug-likeness (QED) is 0.278. The van der Waals surface area contributed by atoms with Gasteiger partial charge in [0.2, 0.25) is 5.75 Å². The molecule has 0 atom stereocenters. The number of thiazole rings is 1. The maximum atomic E-state index is 13.5. The summed E-state index contributed by atoms with van der Waals surface area (Å²) < 4.78 is 22.8. The van der Waals surface area contributed by atoms with E-state index in [-0.39, 0.29) is 18.3 Å². The van der Waals surface area contributed by atoms with Crippen molar-refractivity contribution in [1.82, 2.24) is 9.88 Å². The summed E-state index contributed by atoms with van der Waals surface area (Å²) in [6.07, 6.45) is 3.30. The minimum absolute atomic E-state index is 0. The number of amides is 1. The molecule has 0 N–H and O–H groups in total. The van der Waals surface area contributed by atoms with E-state index in [2.05, 4.69) is 18.7 Å². The third-order valence-electron chi connectivity index (χ3n) is 6.05. The number of carbonyl (C=O) groups excluding carboxylic acids is 1. The number of ether oxygens (including phenoxy) is 4. The molecule has 0 bridgehead atoms. The molecule has 8 nitrogen and oxygen atoms in total. The second-order valence-corrected chi connectivity index (χ2v) is 9.05. The first-order valence-corrected chi connectivity index (χ1v) is 12.7. The van der Waals surface area contributed by atoms with Crippen LogP contribution in [0.4, 0.5) is 5.13 Å². The molecule has 202 valence electrons. The molecule has 3 aromatic rings. The van der Waals surface area contributed by atoms with Gasteiger partial charge in [0.25, 0.3) is 5.91 Å². The summed E-state index contributed by atoms with van der Waals surface area (Å²) in [6.45, 7) is 9.34. The van der Waals surface area contributed by atoms with E-state index in [4.69, 9.17) is 23.9 Å². The molecule has 1 heterocycles. The Morgan fingerprint density at radius 3 is 2.11 bits per heavy atom. The van der Waals surface area contributed by atoms with Crippen LogP contribution in [0.3, 0.4) is 0 Å². The fraction of sp³-hybridized carbons (Fsp3) is 0.407. The molecule has 0 aliphatic carbocycles. The SMILES string of the molecule is CCN(CC)CCN(C(=O)C=Cc1cc(OC)c(OC)c(OC)c1)c1nc2c(OC)ccc(C)c2s1.Cl. The summed E-state index contributed by atoms with van der Waals surface area (Å²) in [5.74, 6) is 2.09. The first-order valence-electron chi connectivity index (χ1n) is 11.9. The van der Waals surface area contributed by atoms with Crippen LogP contribution in [0.1, 0.15) is 25.0 Å². The Hall–Kier alpha value is -3.01. The average Bonchev–Trinajstić information content (AvgIpc) is 3.35. The number of hydrogen-bond acceptors (Lipinski definition) is 8. The van der Waals surface area contributed by atoms with Gasteiger partial charge in [0, 0.05) is 19.2 Å². The number of halogens is 1. The van der Waals surface area contributed by atoms with Gasteiger partial charge >= 0.3 is 0 Å². The lowest BCUT2D eigenvalue weighted by molar-refractivity contribution is -0.114. The Labute approximate surface area is 229 Å². The van der Waals surface area contributed by atoms with E-state index < -0.39 is 0 Å². The van der Waals surface area contributed by atoms with E-state index in [1.807, 2.05) is 19.1 Å². The third-order valence-corrected chi connectivity index (χ3v) is 7.26. The molecule has 0 spiro atoms. The van der Waals surface area contributed by atoms with Crippen molar-refractivity contribution in [2.24, 2.45) is 0 Å². The Morgan fingerprint density at radius 2 is 1.57 bits per heavy atom. The number of aromatic nitrogens is 1. The van der Waals surface area contributed by atoms with Gasteiger partial charge in [-0.05, 0) is 55.4 Å². The second-order valence-electron chi connectivity index (χ2n) is 8.07. The van der Waals surface area contributed by atoms with E-state index in [9.17, 15) is 4.79 Å². The van der Waals surface area contributed by atoms with Gasteiger partial charge < -0.3 is 23.8 Å². The Balaban J connectivity index is 0.00000481. The minimum Gasteiger partial charge on any atom is -0.494 e. The molecule has 0 saturated heterocycles. The highest BCUT2D eigenvalue weighted by molar-refractivity contribution is 7.22. The smallest absolute Gasteiger partial charge is 0.252 e. The molecule has 1 amide bonds. The number of benzene rings is 2. The summed E-state index contributed by atoms with van der Waals surface area (Å²) in [5.41, 5.74) is 2.62. The van der Waals surface area contributed by atoms with Crippen LogP contribution in [0.5, 0.6) is 23.0 Å². The van der Waals surface area contributed by atoms with Crippen molar-refractivity contribution in [1.29, 1.82) is 0 Å². The zero-order valence-electron chi connectivity index (χ0n) is 22.5. The monoisotopic (exact) mass is 549 g/mol. The highest BCUT2D eigenvalue weighted by Crippen LogP contribution is 2.39. The van der Waals surface area contributed by atoms with Crippen LogP contribution in [-0.2, 0) is 4.79 Å². The first-order chi connectivity index (χ1) is 17.4. The molecule has 0 aliphatic rings. The lowest BCUT2D eigenvalue weighted by Gasteiger charge is -2.23. The Morgan fingerprint density at radius 1 is 0.946 bits per heavy atom. The summed E-state index contributed by atoms with van der Waals surface area (Å²) in [4.78, 5) is 22.4. The second kappa shape index (κ2) is 14.1. The Bertz CT molecular complexity index is 1200. The minimum atomic E-state index is -0.161. The maximum Gasteiger partial charge on any atom is 0.252 e. The molecule has 37 heavy (non-hydrogen) atoms. The zero-order chi connectivity index (χ0) is 26.2.